The lowest BCUT2D eigenvalue weighted by Gasteiger charge is -2.26. The Kier molecular flexibility index (Phi) is 2.62. The van der Waals surface area contributed by atoms with Gasteiger partial charge in [0.25, 0.3) is 0 Å². The lowest BCUT2D eigenvalue weighted by atomic mass is 9.85. The zero-order valence-corrected chi connectivity index (χ0v) is 8.41. The first-order chi connectivity index (χ1) is 5.91. The number of aliphatic hydroxyl groups excluding tert-OH is 1. The highest BCUT2D eigenvalue weighted by Crippen LogP contribution is 2.32. The number of nitrogens with two attached hydrogens (primary N) is 1. The van der Waals surface area contributed by atoms with Crippen LogP contribution >= 0.6 is 0 Å². The Balaban J connectivity index is 2.96. The van der Waals surface area contributed by atoms with Crippen molar-refractivity contribution in [2.75, 3.05) is 5.73 Å². The molecule has 0 saturated carbocycles. The van der Waals surface area contributed by atoms with E-state index in [-0.39, 0.29) is 5.41 Å². The van der Waals surface area contributed by atoms with Crippen LogP contribution in [-0.2, 0) is 0 Å². The lowest BCUT2D eigenvalue weighted by Crippen LogP contribution is -2.17. The van der Waals surface area contributed by atoms with Crippen LogP contribution in [0.1, 0.15) is 32.4 Å². The zero-order valence-electron chi connectivity index (χ0n) is 8.41. The molecule has 0 aliphatic heterocycles. The lowest BCUT2D eigenvalue weighted by molar-refractivity contribution is 0.0627. The number of anilines is 1. The number of aliphatic hydroxyl groups is 1. The van der Waals surface area contributed by atoms with Crippen LogP contribution in [0.4, 0.5) is 5.69 Å². The minimum absolute atomic E-state index is 0.145. The van der Waals surface area contributed by atoms with Gasteiger partial charge in [-0.3, -0.25) is 0 Å². The van der Waals surface area contributed by atoms with Crippen molar-refractivity contribution in [1.29, 1.82) is 0 Å². The van der Waals surface area contributed by atoms with Gasteiger partial charge in [-0.15, -0.1) is 0 Å². The molecule has 0 aliphatic carbocycles. The van der Waals surface area contributed by atoms with Crippen LogP contribution in [0.15, 0.2) is 24.3 Å². The van der Waals surface area contributed by atoms with E-state index < -0.39 is 6.10 Å². The second kappa shape index (κ2) is 3.38. The minimum Gasteiger partial charge on any atom is -0.399 e. The van der Waals surface area contributed by atoms with Crippen LogP contribution in [0.2, 0.25) is 0 Å². The molecule has 1 aromatic rings. The molecular formula is C11H17NO. The Bertz CT molecular complexity index is 288. The van der Waals surface area contributed by atoms with Gasteiger partial charge in [0.15, 0.2) is 0 Å². The molecular weight excluding hydrogens is 162 g/mol. The van der Waals surface area contributed by atoms with Crippen LogP contribution in [0.5, 0.6) is 0 Å². The summed E-state index contributed by atoms with van der Waals surface area (Å²) in [6, 6.07) is 7.39. The molecule has 72 valence electrons. The Morgan fingerprint density at radius 2 is 1.92 bits per heavy atom. The van der Waals surface area contributed by atoms with E-state index >= 15 is 0 Å². The number of nitrogen functional groups attached to an aromatic ring is 1. The minimum atomic E-state index is -0.462. The first-order valence-corrected chi connectivity index (χ1v) is 4.45. The molecule has 1 unspecified atom stereocenters. The number of hydrogen-bond acceptors (Lipinski definition) is 2. The fraction of sp³-hybridized carbons (Fsp3) is 0.455. The topological polar surface area (TPSA) is 46.2 Å². The van der Waals surface area contributed by atoms with Crippen molar-refractivity contribution in [3.05, 3.63) is 29.8 Å². The fourth-order valence-corrected chi connectivity index (χ4v) is 1.23. The quantitative estimate of drug-likeness (QED) is 0.650. The molecule has 1 rings (SSSR count). The third kappa shape index (κ3) is 2.46. The fourth-order valence-electron chi connectivity index (χ4n) is 1.23. The van der Waals surface area contributed by atoms with Gasteiger partial charge in [-0.25, -0.2) is 0 Å². The van der Waals surface area contributed by atoms with E-state index in [9.17, 15) is 5.11 Å². The van der Waals surface area contributed by atoms with Gasteiger partial charge in [0.05, 0.1) is 6.10 Å². The molecule has 0 saturated heterocycles. The van der Waals surface area contributed by atoms with Crippen LogP contribution in [0.25, 0.3) is 0 Å². The van der Waals surface area contributed by atoms with Gasteiger partial charge in [-0.05, 0) is 23.1 Å². The normalized spacial score (nSPS) is 14.2. The Morgan fingerprint density at radius 3 is 2.38 bits per heavy atom. The van der Waals surface area contributed by atoms with Crippen LogP contribution in [0, 0.1) is 5.41 Å². The van der Waals surface area contributed by atoms with E-state index in [1.807, 2.05) is 45.0 Å². The largest absolute Gasteiger partial charge is 0.399 e. The van der Waals surface area contributed by atoms with Gasteiger partial charge in [-0.1, -0.05) is 32.9 Å². The number of hydrogen-bond donors (Lipinski definition) is 2. The average Bonchev–Trinajstić information content (AvgIpc) is 2.01. The maximum absolute atomic E-state index is 9.93. The molecule has 0 amide bonds. The van der Waals surface area contributed by atoms with Gasteiger partial charge < -0.3 is 10.8 Å². The summed E-state index contributed by atoms with van der Waals surface area (Å²) in [7, 11) is 0. The third-order valence-electron chi connectivity index (χ3n) is 2.05. The maximum Gasteiger partial charge on any atom is 0.0839 e. The third-order valence-corrected chi connectivity index (χ3v) is 2.05. The van der Waals surface area contributed by atoms with Gasteiger partial charge in [0.2, 0.25) is 0 Å². The molecule has 13 heavy (non-hydrogen) atoms. The van der Waals surface area contributed by atoms with E-state index in [2.05, 4.69) is 0 Å². The van der Waals surface area contributed by atoms with E-state index in [1.165, 1.54) is 0 Å². The molecule has 0 aliphatic rings. The number of rotatable bonds is 1. The Morgan fingerprint density at radius 1 is 1.31 bits per heavy atom. The van der Waals surface area contributed by atoms with Gasteiger partial charge >= 0.3 is 0 Å². The van der Waals surface area contributed by atoms with E-state index in [0.29, 0.717) is 5.69 Å². The predicted molar refractivity (Wildman–Crippen MR) is 55.3 cm³/mol. The maximum atomic E-state index is 9.93. The summed E-state index contributed by atoms with van der Waals surface area (Å²) < 4.78 is 0. The van der Waals surface area contributed by atoms with Crippen LogP contribution in [0.3, 0.4) is 0 Å². The van der Waals surface area contributed by atoms with Crippen molar-refractivity contribution in [2.45, 2.75) is 26.9 Å². The first kappa shape index (κ1) is 10.1. The predicted octanol–water partition coefficient (Wildman–Crippen LogP) is 2.35. The summed E-state index contributed by atoms with van der Waals surface area (Å²) in [5.41, 5.74) is 7.06. The van der Waals surface area contributed by atoms with E-state index in [0.717, 1.165) is 5.56 Å². The molecule has 1 aromatic carbocycles. The molecule has 3 N–H and O–H groups in total. The standard InChI is InChI=1S/C11H17NO/c1-11(2,3)10(13)8-5-4-6-9(12)7-8/h4-7,10,13H,12H2,1-3H3. The Labute approximate surface area is 79.4 Å². The number of benzene rings is 1. The smallest absolute Gasteiger partial charge is 0.0839 e. The summed E-state index contributed by atoms with van der Waals surface area (Å²) in [5.74, 6) is 0. The molecule has 0 radical (unpaired) electrons. The van der Waals surface area contributed by atoms with E-state index in [4.69, 9.17) is 5.73 Å². The van der Waals surface area contributed by atoms with Gasteiger partial charge in [0, 0.05) is 5.69 Å². The first-order valence-electron chi connectivity index (χ1n) is 4.45. The van der Waals surface area contributed by atoms with Crippen molar-refractivity contribution in [3.8, 4) is 0 Å². The van der Waals surface area contributed by atoms with Gasteiger partial charge in [0.1, 0.15) is 0 Å². The highest BCUT2D eigenvalue weighted by molar-refractivity contribution is 5.41. The van der Waals surface area contributed by atoms with Crippen molar-refractivity contribution >= 4 is 5.69 Å². The molecule has 0 fully saturated rings. The Hall–Kier alpha value is -1.02. The summed E-state index contributed by atoms with van der Waals surface area (Å²) in [4.78, 5) is 0. The molecule has 2 heteroatoms. The molecule has 2 nitrogen and oxygen atoms in total. The highest BCUT2D eigenvalue weighted by Gasteiger charge is 2.23. The van der Waals surface area contributed by atoms with Crippen molar-refractivity contribution in [1.82, 2.24) is 0 Å². The van der Waals surface area contributed by atoms with E-state index in [1.54, 1.807) is 0 Å². The monoisotopic (exact) mass is 179 g/mol. The average molecular weight is 179 g/mol. The van der Waals surface area contributed by atoms with Crippen molar-refractivity contribution < 1.29 is 5.11 Å². The second-order valence-electron chi connectivity index (χ2n) is 4.44. The molecule has 0 spiro atoms. The zero-order chi connectivity index (χ0) is 10.1. The molecule has 0 heterocycles. The molecule has 0 aromatic heterocycles. The second-order valence-corrected chi connectivity index (χ2v) is 4.44. The SMILES string of the molecule is CC(C)(C)C(O)c1cccc(N)c1. The summed E-state index contributed by atoms with van der Waals surface area (Å²) in [6.07, 6.45) is -0.462. The summed E-state index contributed by atoms with van der Waals surface area (Å²) >= 11 is 0. The van der Waals surface area contributed by atoms with Crippen molar-refractivity contribution in [2.24, 2.45) is 5.41 Å². The molecule has 1 atom stereocenters. The van der Waals surface area contributed by atoms with Crippen LogP contribution in [-0.4, -0.2) is 5.11 Å². The summed E-state index contributed by atoms with van der Waals surface area (Å²) in [6.45, 7) is 6.00. The highest BCUT2D eigenvalue weighted by atomic mass is 16.3. The molecule has 0 bridgehead atoms. The van der Waals surface area contributed by atoms with Gasteiger partial charge in [-0.2, -0.15) is 0 Å². The van der Waals surface area contributed by atoms with Crippen molar-refractivity contribution in [3.63, 3.8) is 0 Å². The summed E-state index contributed by atoms with van der Waals surface area (Å²) in [5, 5.41) is 9.93. The van der Waals surface area contributed by atoms with Crippen LogP contribution < -0.4 is 5.73 Å².